The van der Waals surface area contributed by atoms with Crippen molar-refractivity contribution in [1.29, 1.82) is 5.26 Å². The highest BCUT2D eigenvalue weighted by molar-refractivity contribution is 7.90. The number of benzene rings is 2. The first-order valence-corrected chi connectivity index (χ1v) is 8.30. The van der Waals surface area contributed by atoms with Crippen LogP contribution >= 0.6 is 0 Å². The van der Waals surface area contributed by atoms with Crippen LogP contribution in [-0.2, 0) is 10.0 Å². The van der Waals surface area contributed by atoms with E-state index in [0.717, 1.165) is 10.9 Å². The Bertz CT molecular complexity index is 967. The maximum absolute atomic E-state index is 12.9. The summed E-state index contributed by atoms with van der Waals surface area (Å²) >= 11 is 0. The molecule has 5 heteroatoms. The first kappa shape index (κ1) is 14.4. The molecular formula is C17H14N2O2S. The van der Waals surface area contributed by atoms with E-state index in [1.807, 2.05) is 12.1 Å². The Labute approximate surface area is 129 Å². The van der Waals surface area contributed by atoms with E-state index in [9.17, 15) is 8.42 Å². The molecule has 3 rings (SSSR count). The van der Waals surface area contributed by atoms with Crippen molar-refractivity contribution in [2.75, 3.05) is 0 Å². The molecule has 0 amide bonds. The quantitative estimate of drug-likeness (QED) is 0.743. The van der Waals surface area contributed by atoms with E-state index in [1.165, 1.54) is 3.97 Å². The van der Waals surface area contributed by atoms with Crippen molar-refractivity contribution in [3.8, 4) is 6.07 Å². The van der Waals surface area contributed by atoms with Gasteiger partial charge in [-0.15, -0.1) is 0 Å². The van der Waals surface area contributed by atoms with Crippen LogP contribution in [0.25, 0.3) is 10.9 Å². The standard InChI is InChI=1S/C17H14N2O2S/c1-13(11-18)16-12-19(17-10-6-5-9-15(16)17)22(20,21)14-7-3-2-4-8-14/h2-10,12-13H,1H3. The van der Waals surface area contributed by atoms with Gasteiger partial charge in [0.25, 0.3) is 10.0 Å². The second kappa shape index (κ2) is 5.32. The topological polar surface area (TPSA) is 62.9 Å². The molecule has 1 heterocycles. The Kier molecular flexibility index (Phi) is 3.47. The van der Waals surface area contributed by atoms with Crippen molar-refractivity contribution >= 4 is 20.9 Å². The van der Waals surface area contributed by atoms with Gasteiger partial charge < -0.3 is 0 Å². The lowest BCUT2D eigenvalue weighted by Gasteiger charge is -2.07. The van der Waals surface area contributed by atoms with E-state index in [-0.39, 0.29) is 10.8 Å². The zero-order chi connectivity index (χ0) is 15.7. The molecule has 0 aliphatic carbocycles. The van der Waals surface area contributed by atoms with E-state index < -0.39 is 10.0 Å². The minimum Gasteiger partial charge on any atom is -0.241 e. The molecule has 0 saturated heterocycles. The zero-order valence-electron chi connectivity index (χ0n) is 12.0. The average molecular weight is 310 g/mol. The van der Waals surface area contributed by atoms with E-state index in [2.05, 4.69) is 6.07 Å². The van der Waals surface area contributed by atoms with Gasteiger partial charge in [-0.1, -0.05) is 36.4 Å². The number of fused-ring (bicyclic) bond motifs is 1. The Morgan fingerprint density at radius 3 is 2.36 bits per heavy atom. The summed E-state index contributed by atoms with van der Waals surface area (Å²) in [5.41, 5.74) is 1.31. The minimum absolute atomic E-state index is 0.229. The second-order valence-electron chi connectivity index (χ2n) is 5.07. The summed E-state index contributed by atoms with van der Waals surface area (Å²) in [5.74, 6) is -0.378. The van der Waals surface area contributed by atoms with Crippen LogP contribution in [0.3, 0.4) is 0 Å². The number of nitriles is 1. The average Bonchev–Trinajstić information content (AvgIpc) is 2.95. The third-order valence-electron chi connectivity index (χ3n) is 3.67. The van der Waals surface area contributed by atoms with Gasteiger partial charge in [-0.05, 0) is 30.7 Å². The summed E-state index contributed by atoms with van der Waals surface area (Å²) in [5, 5.41) is 9.96. The first-order valence-electron chi connectivity index (χ1n) is 6.86. The van der Waals surface area contributed by atoms with Gasteiger partial charge in [0.05, 0.1) is 22.4 Å². The van der Waals surface area contributed by atoms with Crippen LogP contribution in [0.4, 0.5) is 0 Å². The molecule has 0 N–H and O–H groups in total. The molecule has 1 unspecified atom stereocenters. The highest BCUT2D eigenvalue weighted by Gasteiger charge is 2.22. The summed E-state index contributed by atoms with van der Waals surface area (Å²) in [6, 6.07) is 17.7. The van der Waals surface area contributed by atoms with Crippen molar-refractivity contribution < 1.29 is 8.42 Å². The van der Waals surface area contributed by atoms with Crippen LogP contribution < -0.4 is 0 Å². The molecule has 2 aromatic carbocycles. The van der Waals surface area contributed by atoms with Crippen LogP contribution in [0.5, 0.6) is 0 Å². The van der Waals surface area contributed by atoms with Crippen LogP contribution in [0.2, 0.25) is 0 Å². The number of hydrogen-bond acceptors (Lipinski definition) is 3. The van der Waals surface area contributed by atoms with E-state index in [4.69, 9.17) is 5.26 Å². The molecule has 0 bridgehead atoms. The summed E-state index contributed by atoms with van der Waals surface area (Å²) in [6.45, 7) is 1.77. The molecule has 0 saturated carbocycles. The lowest BCUT2D eigenvalue weighted by atomic mass is 10.0. The predicted molar refractivity (Wildman–Crippen MR) is 85.0 cm³/mol. The zero-order valence-corrected chi connectivity index (χ0v) is 12.8. The van der Waals surface area contributed by atoms with Crippen molar-refractivity contribution in [2.45, 2.75) is 17.7 Å². The van der Waals surface area contributed by atoms with Gasteiger partial charge in [-0.3, -0.25) is 0 Å². The highest BCUT2D eigenvalue weighted by atomic mass is 32.2. The molecule has 22 heavy (non-hydrogen) atoms. The van der Waals surface area contributed by atoms with E-state index in [0.29, 0.717) is 5.52 Å². The van der Waals surface area contributed by atoms with Gasteiger partial charge in [0.1, 0.15) is 0 Å². The molecular weight excluding hydrogens is 296 g/mol. The van der Waals surface area contributed by atoms with Crippen LogP contribution in [-0.4, -0.2) is 12.4 Å². The summed E-state index contributed by atoms with van der Waals surface area (Å²) < 4.78 is 27.0. The lowest BCUT2D eigenvalue weighted by molar-refractivity contribution is 0.589. The second-order valence-corrected chi connectivity index (χ2v) is 6.88. The van der Waals surface area contributed by atoms with Crippen molar-refractivity contribution in [3.05, 3.63) is 66.4 Å². The Morgan fingerprint density at radius 1 is 1.05 bits per heavy atom. The predicted octanol–water partition coefficient (Wildman–Crippen LogP) is 3.51. The largest absolute Gasteiger partial charge is 0.268 e. The molecule has 4 nitrogen and oxygen atoms in total. The van der Waals surface area contributed by atoms with E-state index >= 15 is 0 Å². The van der Waals surface area contributed by atoms with Gasteiger partial charge in [0, 0.05) is 11.6 Å². The maximum atomic E-state index is 12.9. The molecule has 110 valence electrons. The molecule has 0 radical (unpaired) electrons. The molecule has 0 fully saturated rings. The van der Waals surface area contributed by atoms with Crippen LogP contribution in [0.1, 0.15) is 18.4 Å². The fraction of sp³-hybridized carbons (Fsp3) is 0.118. The molecule has 0 aliphatic rings. The monoisotopic (exact) mass is 310 g/mol. The van der Waals surface area contributed by atoms with Gasteiger partial charge in [-0.25, -0.2) is 12.4 Å². The van der Waals surface area contributed by atoms with Crippen LogP contribution in [0.15, 0.2) is 65.7 Å². The van der Waals surface area contributed by atoms with Crippen molar-refractivity contribution in [2.24, 2.45) is 0 Å². The van der Waals surface area contributed by atoms with Gasteiger partial charge in [-0.2, -0.15) is 5.26 Å². The van der Waals surface area contributed by atoms with Gasteiger partial charge in [0.15, 0.2) is 0 Å². The highest BCUT2D eigenvalue weighted by Crippen LogP contribution is 2.30. The van der Waals surface area contributed by atoms with Gasteiger partial charge >= 0.3 is 0 Å². The molecule has 1 atom stereocenters. The fourth-order valence-corrected chi connectivity index (χ4v) is 3.89. The summed E-state index contributed by atoms with van der Waals surface area (Å²) in [4.78, 5) is 0.229. The van der Waals surface area contributed by atoms with Crippen molar-refractivity contribution in [1.82, 2.24) is 3.97 Å². The molecule has 0 aliphatic heterocycles. The molecule has 0 spiro atoms. The Balaban J connectivity index is 2.31. The van der Waals surface area contributed by atoms with Crippen LogP contribution in [0, 0.1) is 11.3 Å². The number of nitrogens with zero attached hydrogens (tertiary/aromatic N) is 2. The summed E-state index contributed by atoms with van der Waals surface area (Å²) in [6.07, 6.45) is 1.56. The Hall–Kier alpha value is -2.58. The molecule has 3 aromatic rings. The minimum atomic E-state index is -3.68. The number of rotatable bonds is 3. The fourth-order valence-electron chi connectivity index (χ4n) is 2.49. The smallest absolute Gasteiger partial charge is 0.241 e. The molecule has 1 aromatic heterocycles. The number of hydrogen-bond donors (Lipinski definition) is 0. The van der Waals surface area contributed by atoms with E-state index in [1.54, 1.807) is 55.6 Å². The third kappa shape index (κ3) is 2.18. The number of para-hydroxylation sites is 1. The first-order chi connectivity index (χ1) is 10.6. The SMILES string of the molecule is CC(C#N)c1cn(S(=O)(=O)c2ccccc2)c2ccccc12. The third-order valence-corrected chi connectivity index (χ3v) is 5.36. The lowest BCUT2D eigenvalue weighted by Crippen LogP contribution is -2.11. The number of aromatic nitrogens is 1. The Morgan fingerprint density at radius 2 is 1.68 bits per heavy atom. The normalized spacial score (nSPS) is 12.9. The maximum Gasteiger partial charge on any atom is 0.268 e. The van der Waals surface area contributed by atoms with Crippen molar-refractivity contribution in [3.63, 3.8) is 0 Å². The summed E-state index contributed by atoms with van der Waals surface area (Å²) in [7, 11) is -3.68. The van der Waals surface area contributed by atoms with Gasteiger partial charge in [0.2, 0.25) is 0 Å².